The van der Waals surface area contributed by atoms with Crippen LogP contribution in [-0.2, 0) is 11.2 Å². The van der Waals surface area contributed by atoms with Crippen molar-refractivity contribution in [3.05, 3.63) is 10.6 Å². The first-order chi connectivity index (χ1) is 9.78. The van der Waals surface area contributed by atoms with Gasteiger partial charge in [0.15, 0.2) is 11.4 Å². The summed E-state index contributed by atoms with van der Waals surface area (Å²) in [5.41, 5.74) is 0.958. The smallest absolute Gasteiger partial charge is 0.186 e. The number of carbonyl (C=O) groups is 1. The van der Waals surface area contributed by atoms with Crippen molar-refractivity contribution in [1.82, 2.24) is 4.98 Å². The number of rotatable bonds is 7. The highest BCUT2D eigenvalue weighted by Crippen LogP contribution is 2.29. The van der Waals surface area contributed by atoms with Crippen molar-refractivity contribution in [3.8, 4) is 0 Å². The molecule has 1 aromatic heterocycles. The predicted molar refractivity (Wildman–Crippen MR) is 83.0 cm³/mol. The minimum Gasteiger partial charge on any atom is -0.376 e. The maximum atomic E-state index is 11.1. The van der Waals surface area contributed by atoms with Crippen molar-refractivity contribution in [1.29, 1.82) is 0 Å². The molecule has 0 radical (unpaired) electrons. The number of nitrogens with zero attached hydrogens (tertiary/aromatic N) is 2. The molecule has 0 bridgehead atoms. The Labute approximate surface area is 125 Å². The van der Waals surface area contributed by atoms with E-state index in [1.165, 1.54) is 11.3 Å². The molecule has 2 rings (SSSR count). The molecule has 5 heteroatoms. The zero-order valence-electron chi connectivity index (χ0n) is 12.4. The Morgan fingerprint density at radius 2 is 2.30 bits per heavy atom. The summed E-state index contributed by atoms with van der Waals surface area (Å²) < 4.78 is 5.86. The van der Waals surface area contributed by atoms with Crippen molar-refractivity contribution in [2.24, 2.45) is 0 Å². The predicted octanol–water partition coefficient (Wildman–Crippen LogP) is 3.30. The fraction of sp³-hybridized carbons (Fsp3) is 0.733. The molecule has 1 unspecified atom stereocenters. The van der Waals surface area contributed by atoms with Gasteiger partial charge in [0.1, 0.15) is 0 Å². The Bertz CT molecular complexity index is 434. The summed E-state index contributed by atoms with van der Waals surface area (Å²) in [6, 6.07) is 0. The van der Waals surface area contributed by atoms with Crippen molar-refractivity contribution >= 4 is 22.8 Å². The largest absolute Gasteiger partial charge is 0.376 e. The van der Waals surface area contributed by atoms with Gasteiger partial charge in [-0.15, -0.1) is 0 Å². The van der Waals surface area contributed by atoms with Crippen LogP contribution in [0, 0.1) is 0 Å². The van der Waals surface area contributed by atoms with Crippen LogP contribution in [0.5, 0.6) is 0 Å². The van der Waals surface area contributed by atoms with Crippen molar-refractivity contribution in [2.45, 2.75) is 52.1 Å². The summed E-state index contributed by atoms with van der Waals surface area (Å²) in [4.78, 5) is 18.9. The lowest BCUT2D eigenvalue weighted by atomic mass is 10.1. The summed E-state index contributed by atoms with van der Waals surface area (Å²) in [6.07, 6.45) is 6.48. The van der Waals surface area contributed by atoms with E-state index >= 15 is 0 Å². The third-order valence-electron chi connectivity index (χ3n) is 3.52. The van der Waals surface area contributed by atoms with Gasteiger partial charge in [0, 0.05) is 19.7 Å². The van der Waals surface area contributed by atoms with Crippen LogP contribution in [0.4, 0.5) is 5.13 Å². The minimum absolute atomic E-state index is 0.307. The Kier molecular flexibility index (Phi) is 5.98. The van der Waals surface area contributed by atoms with E-state index in [0.717, 1.165) is 73.8 Å². The highest BCUT2D eigenvalue weighted by Gasteiger charge is 2.23. The van der Waals surface area contributed by atoms with Crippen LogP contribution in [-0.4, -0.2) is 37.1 Å². The van der Waals surface area contributed by atoms with Crippen LogP contribution in [0.15, 0.2) is 0 Å². The molecule has 4 nitrogen and oxygen atoms in total. The van der Waals surface area contributed by atoms with E-state index in [2.05, 4.69) is 23.7 Å². The Morgan fingerprint density at radius 1 is 1.45 bits per heavy atom. The molecule has 2 heterocycles. The number of hydrogen-bond donors (Lipinski definition) is 0. The van der Waals surface area contributed by atoms with Gasteiger partial charge in [-0.1, -0.05) is 31.6 Å². The lowest BCUT2D eigenvalue weighted by molar-refractivity contribution is 0.0440. The van der Waals surface area contributed by atoms with E-state index in [1.54, 1.807) is 0 Å². The SMILES string of the molecule is CCCOC1CCCN(c2nc(CCC)c(C=O)s2)C1. The topological polar surface area (TPSA) is 42.4 Å². The van der Waals surface area contributed by atoms with Crippen LogP contribution in [0.1, 0.15) is 54.9 Å². The lowest BCUT2D eigenvalue weighted by Gasteiger charge is -2.32. The average Bonchev–Trinajstić information content (AvgIpc) is 2.89. The van der Waals surface area contributed by atoms with E-state index in [4.69, 9.17) is 4.74 Å². The second kappa shape index (κ2) is 7.74. The molecule has 1 atom stereocenters. The second-order valence-electron chi connectivity index (χ2n) is 5.26. The third kappa shape index (κ3) is 3.79. The number of ether oxygens (including phenoxy) is 1. The van der Waals surface area contributed by atoms with Gasteiger partial charge in [-0.25, -0.2) is 4.98 Å². The van der Waals surface area contributed by atoms with Crippen LogP contribution >= 0.6 is 11.3 Å². The number of aromatic nitrogens is 1. The zero-order valence-corrected chi connectivity index (χ0v) is 13.2. The molecule has 112 valence electrons. The van der Waals surface area contributed by atoms with Crippen LogP contribution < -0.4 is 4.90 Å². The number of anilines is 1. The molecule has 0 amide bonds. The summed E-state index contributed by atoms with van der Waals surface area (Å²) in [6.45, 7) is 7.00. The van der Waals surface area contributed by atoms with Gasteiger partial charge in [0.2, 0.25) is 0 Å². The summed E-state index contributed by atoms with van der Waals surface area (Å²) in [5, 5.41) is 0.986. The first kappa shape index (κ1) is 15.4. The second-order valence-corrected chi connectivity index (χ2v) is 6.27. The normalized spacial score (nSPS) is 19.3. The van der Waals surface area contributed by atoms with Gasteiger partial charge in [-0.2, -0.15) is 0 Å². The molecular weight excluding hydrogens is 272 g/mol. The molecule has 1 aromatic rings. The fourth-order valence-corrected chi connectivity index (χ4v) is 3.49. The molecule has 1 aliphatic heterocycles. The highest BCUT2D eigenvalue weighted by atomic mass is 32.1. The first-order valence-electron chi connectivity index (χ1n) is 7.59. The van der Waals surface area contributed by atoms with Gasteiger partial charge < -0.3 is 9.64 Å². The molecule has 0 spiro atoms. The van der Waals surface area contributed by atoms with E-state index < -0.39 is 0 Å². The molecule has 0 aliphatic carbocycles. The first-order valence-corrected chi connectivity index (χ1v) is 8.41. The fourth-order valence-electron chi connectivity index (χ4n) is 2.53. The van der Waals surface area contributed by atoms with Gasteiger partial charge >= 0.3 is 0 Å². The third-order valence-corrected chi connectivity index (χ3v) is 4.60. The molecule has 1 aliphatic rings. The Balaban J connectivity index is 2.04. The van der Waals surface area contributed by atoms with E-state index in [1.807, 2.05) is 0 Å². The van der Waals surface area contributed by atoms with Crippen molar-refractivity contribution in [3.63, 3.8) is 0 Å². The standard InChI is InChI=1S/C15H24N2O2S/c1-3-6-13-14(11-18)20-15(16-13)17-8-5-7-12(10-17)19-9-4-2/h11-12H,3-10H2,1-2H3. The monoisotopic (exact) mass is 296 g/mol. The number of hydrogen-bond acceptors (Lipinski definition) is 5. The maximum Gasteiger partial charge on any atom is 0.186 e. The average molecular weight is 296 g/mol. The van der Waals surface area contributed by atoms with Gasteiger partial charge in [-0.3, -0.25) is 4.79 Å². The maximum absolute atomic E-state index is 11.1. The Hall–Kier alpha value is -0.940. The molecular formula is C15H24N2O2S. The molecule has 0 N–H and O–H groups in total. The lowest BCUT2D eigenvalue weighted by Crippen LogP contribution is -2.39. The molecule has 0 saturated carbocycles. The van der Waals surface area contributed by atoms with Crippen LogP contribution in [0.2, 0.25) is 0 Å². The zero-order chi connectivity index (χ0) is 14.4. The van der Waals surface area contributed by atoms with Gasteiger partial charge in [0.05, 0.1) is 16.7 Å². The highest BCUT2D eigenvalue weighted by molar-refractivity contribution is 7.17. The van der Waals surface area contributed by atoms with Crippen molar-refractivity contribution in [2.75, 3.05) is 24.6 Å². The molecule has 1 saturated heterocycles. The summed E-state index contributed by atoms with van der Waals surface area (Å²) in [5.74, 6) is 0. The number of aryl methyl sites for hydroxylation is 1. The van der Waals surface area contributed by atoms with Gasteiger partial charge in [-0.05, 0) is 25.7 Å². The van der Waals surface area contributed by atoms with E-state index in [0.29, 0.717) is 6.10 Å². The molecule has 0 aromatic carbocycles. The number of carbonyl (C=O) groups excluding carboxylic acids is 1. The molecule has 20 heavy (non-hydrogen) atoms. The van der Waals surface area contributed by atoms with Gasteiger partial charge in [0.25, 0.3) is 0 Å². The summed E-state index contributed by atoms with van der Waals surface area (Å²) >= 11 is 1.52. The number of aldehydes is 1. The number of piperidine rings is 1. The number of thiazole rings is 1. The van der Waals surface area contributed by atoms with E-state index in [-0.39, 0.29) is 0 Å². The molecule has 1 fully saturated rings. The summed E-state index contributed by atoms with van der Waals surface area (Å²) in [7, 11) is 0. The van der Waals surface area contributed by atoms with E-state index in [9.17, 15) is 4.79 Å². The quantitative estimate of drug-likeness (QED) is 0.724. The Morgan fingerprint density at radius 3 is 3.00 bits per heavy atom. The van der Waals surface area contributed by atoms with Crippen molar-refractivity contribution < 1.29 is 9.53 Å². The minimum atomic E-state index is 0.307. The van der Waals surface area contributed by atoms with Crippen LogP contribution in [0.25, 0.3) is 0 Å². The van der Waals surface area contributed by atoms with Crippen LogP contribution in [0.3, 0.4) is 0 Å².